The molecule has 0 atom stereocenters. The fraction of sp³-hybridized carbons (Fsp3) is 0.125. The van der Waals surface area contributed by atoms with Gasteiger partial charge in [-0.3, -0.25) is 10.1 Å². The molecular weight excluding hydrogens is 344 g/mol. The van der Waals surface area contributed by atoms with Crippen LogP contribution in [0.15, 0.2) is 42.9 Å². The van der Waals surface area contributed by atoms with Crippen molar-refractivity contribution in [2.75, 3.05) is 14.2 Å². The lowest BCUT2D eigenvalue weighted by Crippen LogP contribution is -2.37. The third-order valence-electron chi connectivity index (χ3n) is 2.98. The van der Waals surface area contributed by atoms with Gasteiger partial charge in [-0.2, -0.15) is 0 Å². The van der Waals surface area contributed by atoms with Crippen LogP contribution in [-0.2, 0) is 9.53 Å². The van der Waals surface area contributed by atoms with E-state index in [0.29, 0.717) is 21.8 Å². The van der Waals surface area contributed by atoms with Gasteiger partial charge >= 0.3 is 6.03 Å². The Hall–Kier alpha value is -3.20. The lowest BCUT2D eigenvalue weighted by atomic mass is 10.1. The van der Waals surface area contributed by atoms with Crippen molar-refractivity contribution in [2.45, 2.75) is 0 Å². The molecule has 0 saturated heterocycles. The van der Waals surface area contributed by atoms with Crippen LogP contribution >= 0.6 is 12.2 Å². The van der Waals surface area contributed by atoms with Gasteiger partial charge in [0, 0.05) is 18.7 Å². The van der Waals surface area contributed by atoms with E-state index in [1.54, 1.807) is 24.3 Å². The first kappa shape index (κ1) is 18.1. The highest BCUT2D eigenvalue weighted by Gasteiger charge is 2.19. The molecule has 1 aromatic carbocycles. The molecule has 2 aromatic rings. The van der Waals surface area contributed by atoms with Gasteiger partial charge in [0.05, 0.1) is 25.3 Å². The highest BCUT2D eigenvalue weighted by Crippen LogP contribution is 2.29. The molecule has 0 spiro atoms. The molecule has 0 saturated carbocycles. The van der Waals surface area contributed by atoms with Crippen LogP contribution in [-0.4, -0.2) is 36.1 Å². The highest BCUT2D eigenvalue weighted by molar-refractivity contribution is 7.71. The number of para-hydroxylation sites is 1. The first-order chi connectivity index (χ1) is 12.0. The molecule has 3 N–H and O–H groups in total. The lowest BCUT2D eigenvalue weighted by Gasteiger charge is -2.13. The summed E-state index contributed by atoms with van der Waals surface area (Å²) in [6.07, 6.45) is 2.64. The summed E-state index contributed by atoms with van der Waals surface area (Å²) in [4.78, 5) is 30.5. The number of H-pyrrole nitrogens is 1. The Kier molecular flexibility index (Phi) is 6.24. The van der Waals surface area contributed by atoms with Crippen molar-refractivity contribution < 1.29 is 19.1 Å². The summed E-state index contributed by atoms with van der Waals surface area (Å²) in [5, 5.41) is 4.50. The third kappa shape index (κ3) is 4.88. The lowest BCUT2D eigenvalue weighted by molar-refractivity contribution is -0.114. The first-order valence-corrected chi connectivity index (χ1v) is 7.54. The van der Waals surface area contributed by atoms with Crippen molar-refractivity contribution in [1.82, 2.24) is 20.6 Å². The molecule has 1 heterocycles. The summed E-state index contributed by atoms with van der Waals surface area (Å²) in [6.45, 7) is 0. The summed E-state index contributed by atoms with van der Waals surface area (Å²) in [7, 11) is 2.81. The Bertz CT molecular complexity index is 863. The predicted octanol–water partition coefficient (Wildman–Crippen LogP) is 2.37. The number of benzene rings is 1. The van der Waals surface area contributed by atoms with Gasteiger partial charge in [0.1, 0.15) is 10.4 Å². The van der Waals surface area contributed by atoms with Crippen molar-refractivity contribution >= 4 is 29.7 Å². The van der Waals surface area contributed by atoms with Crippen LogP contribution in [0.5, 0.6) is 11.6 Å². The number of nitrogens with zero attached hydrogens (tertiary/aromatic N) is 1. The second-order valence-electron chi connectivity index (χ2n) is 4.65. The van der Waals surface area contributed by atoms with E-state index >= 15 is 0 Å². The predicted molar refractivity (Wildman–Crippen MR) is 93.5 cm³/mol. The fourth-order valence-electron chi connectivity index (χ4n) is 1.90. The molecule has 2 rings (SSSR count). The van der Waals surface area contributed by atoms with Crippen molar-refractivity contribution in [3.63, 3.8) is 0 Å². The van der Waals surface area contributed by atoms with E-state index in [-0.39, 0.29) is 5.57 Å². The fourth-order valence-corrected chi connectivity index (χ4v) is 2.06. The van der Waals surface area contributed by atoms with E-state index < -0.39 is 11.9 Å². The number of nitrogens with one attached hydrogen (secondary N) is 3. The van der Waals surface area contributed by atoms with Crippen molar-refractivity contribution in [2.24, 2.45) is 0 Å². The molecule has 130 valence electrons. The summed E-state index contributed by atoms with van der Waals surface area (Å²) in [5.74, 6) is 0.0885. The number of urea groups is 1. The highest BCUT2D eigenvalue weighted by atomic mass is 32.1. The van der Waals surface area contributed by atoms with Gasteiger partial charge in [0.25, 0.3) is 5.91 Å². The summed E-state index contributed by atoms with van der Waals surface area (Å²) >= 11 is 4.99. The van der Waals surface area contributed by atoms with Crippen LogP contribution in [0.4, 0.5) is 4.79 Å². The zero-order valence-electron chi connectivity index (χ0n) is 13.5. The van der Waals surface area contributed by atoms with Gasteiger partial charge in [0.2, 0.25) is 5.88 Å². The SMILES string of the molecule is CNC(=O)NC(=O)/C(=C/OC)c1ccccc1Oc1cc(=S)nc[nH]1. The topological polar surface area (TPSA) is 105 Å². The maximum absolute atomic E-state index is 12.4. The van der Waals surface area contributed by atoms with Crippen LogP contribution in [0.3, 0.4) is 0 Å². The molecule has 0 bridgehead atoms. The Morgan fingerprint density at radius 1 is 1.32 bits per heavy atom. The van der Waals surface area contributed by atoms with Gasteiger partial charge in [-0.15, -0.1) is 0 Å². The number of aromatic amines is 1. The monoisotopic (exact) mass is 360 g/mol. The molecule has 3 amide bonds. The molecule has 0 unspecified atom stereocenters. The number of carbonyl (C=O) groups excluding carboxylic acids is 2. The number of amides is 3. The maximum Gasteiger partial charge on any atom is 0.321 e. The van der Waals surface area contributed by atoms with Crippen molar-refractivity contribution in [3.8, 4) is 11.6 Å². The Morgan fingerprint density at radius 2 is 2.08 bits per heavy atom. The molecule has 1 aromatic heterocycles. The molecule has 9 heteroatoms. The zero-order chi connectivity index (χ0) is 18.2. The molecule has 0 aliphatic rings. The number of aromatic nitrogens is 2. The van der Waals surface area contributed by atoms with Gasteiger partial charge < -0.3 is 19.8 Å². The summed E-state index contributed by atoms with van der Waals surface area (Å²) in [6, 6.07) is 7.71. The van der Waals surface area contributed by atoms with Crippen LogP contribution in [0, 0.1) is 4.64 Å². The van der Waals surface area contributed by atoms with Crippen LogP contribution in [0.25, 0.3) is 5.57 Å². The maximum atomic E-state index is 12.4. The molecule has 0 fully saturated rings. The minimum absolute atomic E-state index is 0.120. The standard InChI is InChI=1S/C16H16N4O4S/c1-17-16(22)20-15(21)11(8-23-2)10-5-3-4-6-12(10)24-13-7-14(25)19-9-18-13/h3-9H,1-2H3,(H,18,19,25)(H2,17,20,21,22)/b11-8+. The van der Waals surface area contributed by atoms with E-state index in [0.717, 1.165) is 0 Å². The summed E-state index contributed by atoms with van der Waals surface area (Å²) < 4.78 is 11.1. The number of hydrogen-bond donors (Lipinski definition) is 3. The van der Waals surface area contributed by atoms with Crippen molar-refractivity contribution in [1.29, 1.82) is 0 Å². The minimum atomic E-state index is -0.639. The number of methoxy groups -OCH3 is 1. The molecular formula is C16H16N4O4S. The first-order valence-electron chi connectivity index (χ1n) is 7.13. The van der Waals surface area contributed by atoms with E-state index in [9.17, 15) is 9.59 Å². The molecule has 0 aliphatic heterocycles. The number of carbonyl (C=O) groups is 2. The summed E-state index contributed by atoms with van der Waals surface area (Å²) in [5.41, 5.74) is 0.552. The van der Waals surface area contributed by atoms with Gasteiger partial charge in [0.15, 0.2) is 0 Å². The van der Waals surface area contributed by atoms with E-state index in [1.807, 2.05) is 0 Å². The van der Waals surface area contributed by atoms with Gasteiger partial charge in [-0.05, 0) is 6.07 Å². The number of imide groups is 1. The molecule has 0 aliphatic carbocycles. The quantitative estimate of drug-likeness (QED) is 0.429. The Labute approximate surface area is 148 Å². The van der Waals surface area contributed by atoms with Crippen molar-refractivity contribution in [3.05, 3.63) is 53.1 Å². The number of hydrogen-bond acceptors (Lipinski definition) is 6. The second kappa shape index (κ2) is 8.60. The molecule has 25 heavy (non-hydrogen) atoms. The second-order valence-corrected chi connectivity index (χ2v) is 5.07. The van der Waals surface area contributed by atoms with Gasteiger partial charge in [-0.1, -0.05) is 30.4 Å². The Balaban J connectivity index is 2.39. The molecule has 0 radical (unpaired) electrons. The Morgan fingerprint density at radius 3 is 2.76 bits per heavy atom. The van der Waals surface area contributed by atoms with Crippen LogP contribution < -0.4 is 15.4 Å². The number of ether oxygens (including phenoxy) is 2. The third-order valence-corrected chi connectivity index (χ3v) is 3.21. The zero-order valence-corrected chi connectivity index (χ0v) is 14.3. The van der Waals surface area contributed by atoms with E-state index in [2.05, 4.69) is 20.6 Å². The minimum Gasteiger partial charge on any atom is -0.504 e. The van der Waals surface area contributed by atoms with E-state index in [1.165, 1.54) is 32.8 Å². The average Bonchev–Trinajstić information content (AvgIpc) is 2.60. The van der Waals surface area contributed by atoms with E-state index in [4.69, 9.17) is 21.7 Å². The van der Waals surface area contributed by atoms with Crippen LogP contribution in [0.1, 0.15) is 5.56 Å². The molecule has 8 nitrogen and oxygen atoms in total. The van der Waals surface area contributed by atoms with Gasteiger partial charge in [-0.25, -0.2) is 9.78 Å². The average molecular weight is 360 g/mol. The van der Waals surface area contributed by atoms with Crippen LogP contribution in [0.2, 0.25) is 0 Å². The normalized spacial score (nSPS) is 10.7. The smallest absolute Gasteiger partial charge is 0.321 e. The largest absolute Gasteiger partial charge is 0.504 e. The number of rotatable bonds is 5.